The molecule has 1 aliphatic rings. The quantitative estimate of drug-likeness (QED) is 0.703. The van der Waals surface area contributed by atoms with Crippen LogP contribution in [0.2, 0.25) is 0 Å². The fraction of sp³-hybridized carbons (Fsp3) is 0.348. The molecule has 150 valence electrons. The average Bonchev–Trinajstić information content (AvgIpc) is 3.01. The number of amides is 1. The topological polar surface area (TPSA) is 63.1 Å². The summed E-state index contributed by atoms with van der Waals surface area (Å²) in [5, 5.41) is 11.8. The largest absolute Gasteiger partial charge is 0.375 e. The van der Waals surface area contributed by atoms with Crippen molar-refractivity contribution in [2.24, 2.45) is 0 Å². The van der Waals surface area contributed by atoms with Gasteiger partial charge < -0.3 is 14.8 Å². The zero-order valence-electron chi connectivity index (χ0n) is 17.1. The number of rotatable bonds is 5. The van der Waals surface area contributed by atoms with E-state index in [9.17, 15) is 4.79 Å². The number of anilines is 2. The molecule has 0 atom stereocenters. The van der Waals surface area contributed by atoms with Gasteiger partial charge >= 0.3 is 0 Å². The van der Waals surface area contributed by atoms with Crippen LogP contribution in [0.25, 0.3) is 11.4 Å². The first-order valence-electron chi connectivity index (χ1n) is 10.3. The molecule has 1 aromatic heterocycles. The van der Waals surface area contributed by atoms with Crippen molar-refractivity contribution in [3.8, 4) is 11.4 Å². The summed E-state index contributed by atoms with van der Waals surface area (Å²) in [7, 11) is 2.03. The van der Waals surface area contributed by atoms with Crippen LogP contribution >= 0.6 is 0 Å². The van der Waals surface area contributed by atoms with Crippen molar-refractivity contribution < 1.29 is 4.79 Å². The molecule has 4 rings (SSSR count). The Bertz CT molecular complexity index is 993. The summed E-state index contributed by atoms with van der Waals surface area (Å²) in [4.78, 5) is 14.8. The third kappa shape index (κ3) is 4.16. The van der Waals surface area contributed by atoms with E-state index in [-0.39, 0.29) is 5.91 Å². The minimum atomic E-state index is -0.118. The molecule has 2 heterocycles. The van der Waals surface area contributed by atoms with Gasteiger partial charge in [0, 0.05) is 49.1 Å². The smallest absolute Gasteiger partial charge is 0.255 e. The minimum Gasteiger partial charge on any atom is -0.375 e. The number of hydrogen-bond acceptors (Lipinski definition) is 4. The lowest BCUT2D eigenvalue weighted by molar-refractivity contribution is 0.102. The van der Waals surface area contributed by atoms with Gasteiger partial charge in [0.2, 0.25) is 0 Å². The lowest BCUT2D eigenvalue weighted by atomic mass is 10.1. The van der Waals surface area contributed by atoms with Gasteiger partial charge in [0.05, 0.1) is 0 Å². The maximum Gasteiger partial charge on any atom is 0.255 e. The highest BCUT2D eigenvalue weighted by Gasteiger charge is 2.16. The SMILES string of the molecule is CCN(C)c1ccc(C(=O)Nc2cccc(-c3nnc4n3CCCCC4)c2)cc1. The van der Waals surface area contributed by atoms with Crippen molar-refractivity contribution in [3.63, 3.8) is 0 Å². The van der Waals surface area contributed by atoms with Gasteiger partial charge in [0.15, 0.2) is 5.82 Å². The molecule has 0 spiro atoms. The molecule has 0 radical (unpaired) electrons. The lowest BCUT2D eigenvalue weighted by Crippen LogP contribution is -2.16. The first-order chi connectivity index (χ1) is 14.2. The Morgan fingerprint density at radius 2 is 1.93 bits per heavy atom. The van der Waals surface area contributed by atoms with Crippen molar-refractivity contribution >= 4 is 17.3 Å². The van der Waals surface area contributed by atoms with E-state index < -0.39 is 0 Å². The maximum absolute atomic E-state index is 12.7. The second-order valence-corrected chi connectivity index (χ2v) is 7.50. The summed E-state index contributed by atoms with van der Waals surface area (Å²) in [5.41, 5.74) is 3.47. The minimum absolute atomic E-state index is 0.118. The Labute approximate surface area is 171 Å². The standard InChI is InChI=1S/C23H27N5O/c1-3-27(2)20-13-11-17(12-14-20)23(29)24-19-9-7-8-18(16-19)22-26-25-21-10-5-4-6-15-28(21)22/h7-9,11-14,16H,3-6,10,15H2,1-2H3,(H,24,29). The normalized spacial score (nSPS) is 13.4. The van der Waals surface area contributed by atoms with E-state index in [2.05, 4.69) is 31.9 Å². The predicted octanol–water partition coefficient (Wildman–Crippen LogP) is 4.38. The van der Waals surface area contributed by atoms with Gasteiger partial charge in [-0.15, -0.1) is 10.2 Å². The van der Waals surface area contributed by atoms with Crippen LogP contribution in [0.4, 0.5) is 11.4 Å². The molecule has 1 N–H and O–H groups in total. The highest BCUT2D eigenvalue weighted by Crippen LogP contribution is 2.25. The first kappa shape index (κ1) is 19.2. The molecule has 3 aromatic rings. The van der Waals surface area contributed by atoms with Crippen LogP contribution in [0.3, 0.4) is 0 Å². The van der Waals surface area contributed by atoms with E-state index in [1.54, 1.807) is 0 Å². The van der Waals surface area contributed by atoms with E-state index >= 15 is 0 Å². The summed E-state index contributed by atoms with van der Waals surface area (Å²) in [6.45, 7) is 3.97. The van der Waals surface area contributed by atoms with E-state index in [0.717, 1.165) is 54.5 Å². The highest BCUT2D eigenvalue weighted by molar-refractivity contribution is 6.04. The molecule has 29 heavy (non-hydrogen) atoms. The fourth-order valence-corrected chi connectivity index (χ4v) is 3.69. The summed E-state index contributed by atoms with van der Waals surface area (Å²) in [6, 6.07) is 15.5. The molecule has 6 nitrogen and oxygen atoms in total. The van der Waals surface area contributed by atoms with Crippen LogP contribution in [0.5, 0.6) is 0 Å². The van der Waals surface area contributed by atoms with Crippen LogP contribution in [0, 0.1) is 0 Å². The van der Waals surface area contributed by atoms with Crippen molar-refractivity contribution in [1.82, 2.24) is 14.8 Å². The van der Waals surface area contributed by atoms with Crippen LogP contribution in [-0.2, 0) is 13.0 Å². The Morgan fingerprint density at radius 1 is 1.10 bits per heavy atom. The Morgan fingerprint density at radius 3 is 2.72 bits per heavy atom. The second-order valence-electron chi connectivity index (χ2n) is 7.50. The molecule has 0 aliphatic carbocycles. The zero-order chi connectivity index (χ0) is 20.2. The van der Waals surface area contributed by atoms with Crippen LogP contribution in [0.15, 0.2) is 48.5 Å². The Balaban J connectivity index is 1.52. The number of aromatic nitrogens is 3. The van der Waals surface area contributed by atoms with E-state index in [0.29, 0.717) is 5.56 Å². The third-order valence-corrected chi connectivity index (χ3v) is 5.53. The summed E-state index contributed by atoms with van der Waals surface area (Å²) in [6.07, 6.45) is 4.52. The molecule has 0 bridgehead atoms. The number of carbonyl (C=O) groups excluding carboxylic acids is 1. The number of fused-ring (bicyclic) bond motifs is 1. The van der Waals surface area contributed by atoms with E-state index in [1.807, 2.05) is 55.6 Å². The van der Waals surface area contributed by atoms with Gasteiger partial charge in [-0.05, 0) is 56.2 Å². The molecule has 0 fully saturated rings. The molecular formula is C23H27N5O. The highest BCUT2D eigenvalue weighted by atomic mass is 16.1. The number of nitrogens with one attached hydrogen (secondary N) is 1. The van der Waals surface area contributed by atoms with E-state index in [4.69, 9.17) is 0 Å². The maximum atomic E-state index is 12.7. The van der Waals surface area contributed by atoms with Gasteiger partial charge in [0.1, 0.15) is 5.82 Å². The number of carbonyl (C=O) groups is 1. The lowest BCUT2D eigenvalue weighted by Gasteiger charge is -2.16. The average molecular weight is 390 g/mol. The fourth-order valence-electron chi connectivity index (χ4n) is 3.69. The number of aryl methyl sites for hydroxylation is 1. The molecular weight excluding hydrogens is 362 g/mol. The summed E-state index contributed by atoms with van der Waals surface area (Å²) >= 11 is 0. The second kappa shape index (κ2) is 8.47. The number of benzene rings is 2. The summed E-state index contributed by atoms with van der Waals surface area (Å²) in [5.74, 6) is 1.82. The van der Waals surface area contributed by atoms with Gasteiger partial charge in [-0.25, -0.2) is 0 Å². The molecule has 0 unspecified atom stereocenters. The number of hydrogen-bond donors (Lipinski definition) is 1. The molecule has 1 amide bonds. The predicted molar refractivity (Wildman–Crippen MR) is 116 cm³/mol. The summed E-state index contributed by atoms with van der Waals surface area (Å²) < 4.78 is 2.22. The van der Waals surface area contributed by atoms with Gasteiger partial charge in [-0.2, -0.15) is 0 Å². The Hall–Kier alpha value is -3.15. The molecule has 0 saturated carbocycles. The van der Waals surface area contributed by atoms with Crippen LogP contribution in [-0.4, -0.2) is 34.3 Å². The molecule has 1 aliphatic heterocycles. The zero-order valence-corrected chi connectivity index (χ0v) is 17.1. The molecule has 0 saturated heterocycles. The third-order valence-electron chi connectivity index (χ3n) is 5.53. The van der Waals surface area contributed by atoms with Gasteiger partial charge in [0.25, 0.3) is 5.91 Å². The number of nitrogens with zero attached hydrogens (tertiary/aromatic N) is 4. The van der Waals surface area contributed by atoms with Gasteiger partial charge in [-0.3, -0.25) is 4.79 Å². The first-order valence-corrected chi connectivity index (χ1v) is 10.3. The van der Waals surface area contributed by atoms with Crippen molar-refractivity contribution in [2.45, 2.75) is 39.2 Å². The van der Waals surface area contributed by atoms with Crippen molar-refractivity contribution in [3.05, 3.63) is 59.9 Å². The van der Waals surface area contributed by atoms with Gasteiger partial charge in [-0.1, -0.05) is 18.6 Å². The van der Waals surface area contributed by atoms with Crippen molar-refractivity contribution in [2.75, 3.05) is 23.8 Å². The Kier molecular flexibility index (Phi) is 5.60. The van der Waals surface area contributed by atoms with E-state index in [1.165, 1.54) is 12.8 Å². The monoisotopic (exact) mass is 389 g/mol. The molecule has 6 heteroatoms. The molecule has 2 aromatic carbocycles. The van der Waals surface area contributed by atoms with Crippen molar-refractivity contribution in [1.29, 1.82) is 0 Å². The van der Waals surface area contributed by atoms with Crippen LogP contribution < -0.4 is 10.2 Å². The van der Waals surface area contributed by atoms with Crippen LogP contribution in [0.1, 0.15) is 42.4 Å².